The lowest BCUT2D eigenvalue weighted by molar-refractivity contribution is 0.108. The maximum atomic E-state index is 12.9. The summed E-state index contributed by atoms with van der Waals surface area (Å²) in [5.74, 6) is -0.238. The molecule has 0 amide bonds. The third-order valence-electron chi connectivity index (χ3n) is 1.50. The maximum Gasteiger partial charge on any atom is 0.131 e. The summed E-state index contributed by atoms with van der Waals surface area (Å²) >= 11 is 3.24. The predicted molar refractivity (Wildman–Crippen MR) is 70.6 cm³/mol. The Bertz CT molecular complexity index is 304. The van der Waals surface area contributed by atoms with E-state index in [4.69, 9.17) is 14.3 Å². The molecule has 1 rings (SSSR count). The standard InChI is InChI=1S/C9H8BrF.C2H6.CH4O.F2/c1-3-7-4-6(2)8(10)5-9(7)11;3*1-2/h3-5H,1H2,2H3;1-2H3;2H,1H3;. The van der Waals surface area contributed by atoms with Crippen molar-refractivity contribution in [2.45, 2.75) is 20.8 Å². The summed E-state index contributed by atoms with van der Waals surface area (Å²) in [5.41, 5.74) is 1.56. The third kappa shape index (κ3) is 8.94. The van der Waals surface area contributed by atoms with E-state index in [-0.39, 0.29) is 5.82 Å². The highest BCUT2D eigenvalue weighted by molar-refractivity contribution is 9.10. The van der Waals surface area contributed by atoms with E-state index in [2.05, 4.69) is 22.5 Å². The van der Waals surface area contributed by atoms with Gasteiger partial charge in [-0.3, -0.25) is 0 Å². The first kappa shape index (κ1) is 21.5. The molecular weight excluding hydrogens is 297 g/mol. The minimum Gasteiger partial charge on any atom is -0.400 e. The van der Waals surface area contributed by atoms with E-state index < -0.39 is 0 Å². The summed E-state index contributed by atoms with van der Waals surface area (Å²) in [6.07, 6.45) is 1.51. The summed E-state index contributed by atoms with van der Waals surface area (Å²) in [6, 6.07) is 3.21. The zero-order valence-corrected chi connectivity index (χ0v) is 12.0. The molecule has 17 heavy (non-hydrogen) atoms. The number of aryl methyl sites for hydroxylation is 1. The Hall–Kier alpha value is -0.810. The quantitative estimate of drug-likeness (QED) is 0.772. The van der Waals surface area contributed by atoms with E-state index in [9.17, 15) is 4.39 Å². The molecule has 100 valence electrons. The van der Waals surface area contributed by atoms with E-state index in [0.29, 0.717) is 5.56 Å². The van der Waals surface area contributed by atoms with Crippen molar-refractivity contribution in [2.24, 2.45) is 0 Å². The highest BCUT2D eigenvalue weighted by Gasteiger charge is 2.01. The molecule has 0 aliphatic rings. The van der Waals surface area contributed by atoms with Gasteiger partial charge in [0.15, 0.2) is 0 Å². The van der Waals surface area contributed by atoms with Crippen molar-refractivity contribution in [2.75, 3.05) is 7.11 Å². The average Bonchev–Trinajstić information content (AvgIpc) is 2.41. The highest BCUT2D eigenvalue weighted by Crippen LogP contribution is 2.20. The van der Waals surface area contributed by atoms with Crippen molar-refractivity contribution in [3.8, 4) is 0 Å². The van der Waals surface area contributed by atoms with Crippen LogP contribution in [0.1, 0.15) is 25.0 Å². The van der Waals surface area contributed by atoms with Crippen LogP contribution < -0.4 is 0 Å². The SMILES string of the molecule is C=Cc1cc(C)c(Br)cc1F.CC.CO.FF. The van der Waals surface area contributed by atoms with Gasteiger partial charge in [-0.2, -0.15) is 0 Å². The minimum absolute atomic E-state index is 0.238. The van der Waals surface area contributed by atoms with Crippen LogP contribution in [-0.2, 0) is 0 Å². The monoisotopic (exact) mass is 314 g/mol. The first-order valence-corrected chi connectivity index (χ1v) is 5.61. The maximum absolute atomic E-state index is 12.9. The van der Waals surface area contributed by atoms with E-state index in [1.165, 1.54) is 12.1 Å². The second-order valence-corrected chi connectivity index (χ2v) is 3.18. The molecular formula is C12H18BrF3O. The van der Waals surface area contributed by atoms with Gasteiger partial charge in [-0.05, 0) is 24.6 Å². The molecule has 0 saturated carbocycles. The van der Waals surface area contributed by atoms with Crippen molar-refractivity contribution in [3.05, 3.63) is 40.1 Å². The van der Waals surface area contributed by atoms with Crippen molar-refractivity contribution in [3.63, 3.8) is 0 Å². The van der Waals surface area contributed by atoms with Crippen LogP contribution >= 0.6 is 15.9 Å². The van der Waals surface area contributed by atoms with Crippen LogP contribution in [0.2, 0.25) is 0 Å². The summed E-state index contributed by atoms with van der Waals surface area (Å²) in [6.45, 7) is 9.42. The molecule has 0 fully saturated rings. The first-order valence-electron chi connectivity index (χ1n) is 4.82. The Labute approximate surface area is 109 Å². The largest absolute Gasteiger partial charge is 0.400 e. The van der Waals surface area contributed by atoms with Gasteiger partial charge < -0.3 is 5.11 Å². The molecule has 1 N–H and O–H groups in total. The van der Waals surface area contributed by atoms with Gasteiger partial charge in [-0.1, -0.05) is 42.4 Å². The normalized spacial score (nSPS) is 7.35. The molecule has 0 aliphatic heterocycles. The van der Waals surface area contributed by atoms with Gasteiger partial charge in [0, 0.05) is 26.3 Å². The second kappa shape index (κ2) is 15.2. The minimum atomic E-state index is -0.238. The molecule has 1 nitrogen and oxygen atoms in total. The second-order valence-electron chi connectivity index (χ2n) is 2.33. The average molecular weight is 315 g/mol. The first-order chi connectivity index (χ1) is 8.15. The predicted octanol–water partition coefficient (Wildman–Crippen LogP) is 5.01. The van der Waals surface area contributed by atoms with Crippen LogP contribution in [0.25, 0.3) is 6.08 Å². The molecule has 1 aromatic carbocycles. The van der Waals surface area contributed by atoms with Crippen LogP contribution in [0, 0.1) is 12.7 Å². The van der Waals surface area contributed by atoms with E-state index in [0.717, 1.165) is 17.1 Å². The van der Waals surface area contributed by atoms with E-state index in [1.807, 2.05) is 20.8 Å². The lowest BCUT2D eigenvalue weighted by Crippen LogP contribution is -1.84. The van der Waals surface area contributed by atoms with Gasteiger partial charge >= 0.3 is 0 Å². The number of hydrogen-bond acceptors (Lipinski definition) is 1. The molecule has 0 heterocycles. The Morgan fingerprint density at radius 2 is 1.65 bits per heavy atom. The van der Waals surface area contributed by atoms with Gasteiger partial charge in [0.25, 0.3) is 0 Å². The molecule has 0 aliphatic carbocycles. The van der Waals surface area contributed by atoms with Crippen LogP contribution in [0.5, 0.6) is 0 Å². The highest BCUT2D eigenvalue weighted by atomic mass is 79.9. The van der Waals surface area contributed by atoms with Crippen molar-refractivity contribution in [1.29, 1.82) is 0 Å². The van der Waals surface area contributed by atoms with Gasteiger partial charge in [0.1, 0.15) is 5.82 Å². The fourth-order valence-corrected chi connectivity index (χ4v) is 1.15. The van der Waals surface area contributed by atoms with Gasteiger partial charge in [0.2, 0.25) is 0 Å². The molecule has 5 heteroatoms. The molecule has 0 aromatic heterocycles. The number of hydrogen-bond donors (Lipinski definition) is 1. The molecule has 1 aromatic rings. The number of aliphatic hydroxyl groups is 1. The molecule has 0 unspecified atom stereocenters. The number of rotatable bonds is 1. The van der Waals surface area contributed by atoms with Crippen molar-refractivity contribution < 1.29 is 18.6 Å². The molecule has 0 radical (unpaired) electrons. The van der Waals surface area contributed by atoms with Crippen molar-refractivity contribution >= 4 is 22.0 Å². The fraction of sp³-hybridized carbons (Fsp3) is 0.333. The van der Waals surface area contributed by atoms with Crippen LogP contribution in [0.4, 0.5) is 13.5 Å². The number of aliphatic hydroxyl groups excluding tert-OH is 1. The lowest BCUT2D eigenvalue weighted by atomic mass is 10.1. The summed E-state index contributed by atoms with van der Waals surface area (Å²) in [4.78, 5) is 0. The summed E-state index contributed by atoms with van der Waals surface area (Å²) in [5, 5.41) is 7.00. The summed E-state index contributed by atoms with van der Waals surface area (Å²) < 4.78 is 29.7. The van der Waals surface area contributed by atoms with Crippen LogP contribution in [0.3, 0.4) is 0 Å². The topological polar surface area (TPSA) is 20.2 Å². The Morgan fingerprint density at radius 1 is 1.24 bits per heavy atom. The Kier molecular flexibility index (Phi) is 19.2. The van der Waals surface area contributed by atoms with Gasteiger partial charge in [0.05, 0.1) is 0 Å². The van der Waals surface area contributed by atoms with Gasteiger partial charge in [-0.15, -0.1) is 0 Å². The van der Waals surface area contributed by atoms with Crippen LogP contribution in [0.15, 0.2) is 23.2 Å². The van der Waals surface area contributed by atoms with E-state index >= 15 is 0 Å². The summed E-state index contributed by atoms with van der Waals surface area (Å²) in [7, 11) is 1.00. The number of benzene rings is 1. The smallest absolute Gasteiger partial charge is 0.131 e. The molecule has 0 atom stereocenters. The Balaban J connectivity index is -0.000000285. The van der Waals surface area contributed by atoms with Crippen molar-refractivity contribution in [1.82, 2.24) is 0 Å². The molecule has 0 saturated heterocycles. The van der Waals surface area contributed by atoms with Crippen LogP contribution in [-0.4, -0.2) is 12.2 Å². The fourth-order valence-electron chi connectivity index (χ4n) is 0.836. The molecule has 0 spiro atoms. The van der Waals surface area contributed by atoms with E-state index in [1.54, 1.807) is 6.07 Å². The Morgan fingerprint density at radius 3 is 2.00 bits per heavy atom. The lowest BCUT2D eigenvalue weighted by Gasteiger charge is -2.00. The number of halogens is 4. The zero-order valence-electron chi connectivity index (χ0n) is 10.4. The molecule has 0 bridgehead atoms. The third-order valence-corrected chi connectivity index (χ3v) is 2.35. The van der Waals surface area contributed by atoms with Gasteiger partial charge in [-0.25, -0.2) is 4.39 Å². The zero-order chi connectivity index (χ0) is 14.4.